The van der Waals surface area contributed by atoms with Crippen LogP contribution in [0.15, 0.2) is 78.2 Å². The summed E-state index contributed by atoms with van der Waals surface area (Å²) in [6, 6.07) is 21.7. The Morgan fingerprint density at radius 3 is 2.49 bits per heavy atom. The van der Waals surface area contributed by atoms with Crippen molar-refractivity contribution in [2.45, 2.75) is 26.2 Å². The molecular formula is C28H26N2O5. The third kappa shape index (κ3) is 5.07. The molecule has 1 aliphatic heterocycles. The van der Waals surface area contributed by atoms with Gasteiger partial charge in [0, 0.05) is 11.6 Å². The van der Waals surface area contributed by atoms with E-state index in [-0.39, 0.29) is 11.6 Å². The van der Waals surface area contributed by atoms with E-state index >= 15 is 0 Å². The lowest BCUT2D eigenvalue weighted by molar-refractivity contribution is 0.0730. The number of esters is 1. The van der Waals surface area contributed by atoms with Crippen molar-refractivity contribution in [1.29, 1.82) is 5.26 Å². The van der Waals surface area contributed by atoms with E-state index in [9.17, 15) is 10.1 Å². The van der Waals surface area contributed by atoms with Crippen molar-refractivity contribution in [3.05, 3.63) is 94.9 Å². The van der Waals surface area contributed by atoms with Crippen molar-refractivity contribution in [3.63, 3.8) is 0 Å². The molecule has 7 nitrogen and oxygen atoms in total. The maximum atomic E-state index is 12.9. The fourth-order valence-corrected chi connectivity index (χ4v) is 3.90. The van der Waals surface area contributed by atoms with Crippen LogP contribution in [0.25, 0.3) is 0 Å². The maximum Gasteiger partial charge on any atom is 0.347 e. The fourth-order valence-electron chi connectivity index (χ4n) is 3.90. The van der Waals surface area contributed by atoms with Crippen LogP contribution in [0.3, 0.4) is 0 Å². The van der Waals surface area contributed by atoms with Crippen LogP contribution >= 0.6 is 0 Å². The zero-order chi connectivity index (χ0) is 24.8. The first-order valence-corrected chi connectivity index (χ1v) is 11.4. The first-order chi connectivity index (χ1) is 17.0. The number of nitriles is 1. The number of allylic oxidation sites excluding steroid dienone is 1. The molecule has 3 aromatic carbocycles. The number of ether oxygens (including phenoxy) is 4. The predicted octanol–water partition coefficient (Wildman–Crippen LogP) is 5.31. The minimum Gasteiger partial charge on any atom is -0.494 e. The van der Waals surface area contributed by atoms with Gasteiger partial charge >= 0.3 is 5.97 Å². The topological polar surface area (TPSA) is 104 Å². The summed E-state index contributed by atoms with van der Waals surface area (Å²) in [5.41, 5.74) is 8.36. The number of benzene rings is 3. The van der Waals surface area contributed by atoms with Crippen LogP contribution in [-0.2, 0) is 0 Å². The Morgan fingerprint density at radius 2 is 1.77 bits per heavy atom. The largest absolute Gasteiger partial charge is 0.494 e. The van der Waals surface area contributed by atoms with Gasteiger partial charge in [0.2, 0.25) is 5.88 Å². The molecule has 0 aromatic heterocycles. The lowest BCUT2D eigenvalue weighted by Gasteiger charge is -2.26. The van der Waals surface area contributed by atoms with E-state index in [4.69, 9.17) is 24.7 Å². The molecule has 4 rings (SSSR count). The predicted molar refractivity (Wildman–Crippen MR) is 131 cm³/mol. The van der Waals surface area contributed by atoms with Crippen molar-refractivity contribution in [2.75, 3.05) is 13.2 Å². The van der Waals surface area contributed by atoms with Crippen LogP contribution in [0.1, 0.15) is 47.7 Å². The van der Waals surface area contributed by atoms with Gasteiger partial charge in [-0.05, 0) is 49.2 Å². The number of rotatable bonds is 8. The molecule has 0 amide bonds. The molecule has 0 saturated heterocycles. The van der Waals surface area contributed by atoms with Gasteiger partial charge in [0.1, 0.15) is 40.2 Å². The maximum absolute atomic E-state index is 12.9. The second-order valence-electron chi connectivity index (χ2n) is 7.86. The summed E-state index contributed by atoms with van der Waals surface area (Å²) in [6.07, 6.45) is 0.820. The van der Waals surface area contributed by atoms with E-state index < -0.39 is 11.9 Å². The molecule has 0 fully saturated rings. The van der Waals surface area contributed by atoms with Gasteiger partial charge in [0.05, 0.1) is 19.1 Å². The molecule has 0 radical (unpaired) electrons. The SMILES string of the molecule is CCCOc1ccccc1C(=O)Oc1ccc2c(c1)OC(N)=C(C#N)C2c1ccc(OCC)cc1. The van der Waals surface area contributed by atoms with Crippen molar-refractivity contribution >= 4 is 5.97 Å². The van der Waals surface area contributed by atoms with Crippen LogP contribution in [-0.4, -0.2) is 19.2 Å². The van der Waals surface area contributed by atoms with E-state index in [1.54, 1.807) is 42.5 Å². The summed E-state index contributed by atoms with van der Waals surface area (Å²) < 4.78 is 22.6. The van der Waals surface area contributed by atoms with Crippen LogP contribution in [0.2, 0.25) is 0 Å². The Hall–Kier alpha value is -4.44. The zero-order valence-corrected chi connectivity index (χ0v) is 19.6. The van der Waals surface area contributed by atoms with E-state index in [0.717, 1.165) is 23.3 Å². The lowest BCUT2D eigenvalue weighted by atomic mass is 9.83. The minimum atomic E-state index is -0.545. The number of fused-ring (bicyclic) bond motifs is 1. The Labute approximate surface area is 204 Å². The van der Waals surface area contributed by atoms with Crippen LogP contribution in [0.5, 0.6) is 23.0 Å². The molecule has 1 atom stereocenters. The Morgan fingerprint density at radius 1 is 1.03 bits per heavy atom. The molecule has 0 spiro atoms. The number of hydrogen-bond acceptors (Lipinski definition) is 7. The summed E-state index contributed by atoms with van der Waals surface area (Å²) in [5.74, 6) is 0.961. The molecule has 178 valence electrons. The number of hydrogen-bond donors (Lipinski definition) is 1. The summed E-state index contributed by atoms with van der Waals surface area (Å²) >= 11 is 0. The van der Waals surface area contributed by atoms with Gasteiger partial charge in [-0.25, -0.2) is 4.79 Å². The molecule has 7 heteroatoms. The fraction of sp³-hybridized carbons (Fsp3) is 0.214. The van der Waals surface area contributed by atoms with Gasteiger partial charge in [-0.2, -0.15) is 5.26 Å². The van der Waals surface area contributed by atoms with Crippen molar-refractivity contribution < 1.29 is 23.7 Å². The minimum absolute atomic E-state index is 0.0145. The van der Waals surface area contributed by atoms with Gasteiger partial charge in [-0.3, -0.25) is 0 Å². The van der Waals surface area contributed by atoms with E-state index in [1.165, 1.54) is 0 Å². The van der Waals surface area contributed by atoms with Crippen LogP contribution < -0.4 is 24.7 Å². The van der Waals surface area contributed by atoms with Gasteiger partial charge in [0.25, 0.3) is 0 Å². The van der Waals surface area contributed by atoms with Gasteiger partial charge in [-0.1, -0.05) is 37.3 Å². The van der Waals surface area contributed by atoms with Gasteiger partial charge in [-0.15, -0.1) is 0 Å². The van der Waals surface area contributed by atoms with E-state index in [1.807, 2.05) is 38.1 Å². The number of nitrogens with two attached hydrogens (primary N) is 1. The summed E-state index contributed by atoms with van der Waals surface area (Å²) in [5, 5.41) is 9.77. The lowest BCUT2D eigenvalue weighted by Crippen LogP contribution is -2.21. The second-order valence-corrected chi connectivity index (χ2v) is 7.86. The summed E-state index contributed by atoms with van der Waals surface area (Å²) in [7, 11) is 0. The highest BCUT2D eigenvalue weighted by atomic mass is 16.5. The van der Waals surface area contributed by atoms with Crippen LogP contribution in [0.4, 0.5) is 0 Å². The normalized spacial score (nSPS) is 14.4. The molecule has 0 aliphatic carbocycles. The molecule has 2 N–H and O–H groups in total. The highest BCUT2D eigenvalue weighted by Gasteiger charge is 2.31. The smallest absolute Gasteiger partial charge is 0.347 e. The van der Waals surface area contributed by atoms with Crippen molar-refractivity contribution in [1.82, 2.24) is 0 Å². The van der Waals surface area contributed by atoms with Gasteiger partial charge in [0.15, 0.2) is 0 Å². The third-order valence-corrected chi connectivity index (χ3v) is 5.49. The third-order valence-electron chi connectivity index (χ3n) is 5.49. The summed E-state index contributed by atoms with van der Waals surface area (Å²) in [4.78, 5) is 12.9. The molecule has 1 heterocycles. The van der Waals surface area contributed by atoms with Gasteiger partial charge < -0.3 is 24.7 Å². The zero-order valence-electron chi connectivity index (χ0n) is 19.6. The number of nitrogens with zero attached hydrogens (tertiary/aromatic N) is 1. The number of carbonyl (C=O) groups excluding carboxylic acids is 1. The first kappa shape index (κ1) is 23.7. The highest BCUT2D eigenvalue weighted by molar-refractivity contribution is 5.94. The average Bonchev–Trinajstić information content (AvgIpc) is 2.87. The summed E-state index contributed by atoms with van der Waals surface area (Å²) in [6.45, 7) is 4.97. The molecule has 1 unspecified atom stereocenters. The molecule has 1 aliphatic rings. The van der Waals surface area contributed by atoms with E-state index in [2.05, 4.69) is 6.07 Å². The molecule has 35 heavy (non-hydrogen) atoms. The molecule has 3 aromatic rings. The monoisotopic (exact) mass is 470 g/mol. The first-order valence-electron chi connectivity index (χ1n) is 11.4. The Balaban J connectivity index is 1.63. The number of para-hydroxylation sites is 1. The number of carbonyl (C=O) groups is 1. The second kappa shape index (κ2) is 10.7. The van der Waals surface area contributed by atoms with Crippen molar-refractivity contribution in [2.24, 2.45) is 5.73 Å². The molecule has 0 saturated carbocycles. The molecule has 0 bridgehead atoms. The van der Waals surface area contributed by atoms with E-state index in [0.29, 0.717) is 35.8 Å². The van der Waals surface area contributed by atoms with Crippen LogP contribution in [0, 0.1) is 11.3 Å². The Bertz CT molecular complexity index is 1290. The van der Waals surface area contributed by atoms with Crippen molar-refractivity contribution in [3.8, 4) is 29.1 Å². The quantitative estimate of drug-likeness (QED) is 0.351. The Kier molecular flexibility index (Phi) is 7.22. The highest BCUT2D eigenvalue weighted by Crippen LogP contribution is 2.43. The average molecular weight is 471 g/mol. The standard InChI is InChI=1S/C28H26N2O5/c1-3-15-33-24-8-6-5-7-22(24)28(31)34-20-13-14-21-25(16-20)35-27(30)23(17-29)26(21)18-9-11-19(12-10-18)32-4-2/h5-14,16,26H,3-4,15,30H2,1-2H3. The molecular weight excluding hydrogens is 444 g/mol.